The van der Waals surface area contributed by atoms with Crippen LogP contribution in [-0.4, -0.2) is 101 Å². The third-order valence-electron chi connectivity index (χ3n) is 18.6. The summed E-state index contributed by atoms with van der Waals surface area (Å²) < 4.78 is 51.5. The predicted octanol–water partition coefficient (Wildman–Crippen LogP) is 9.02. The number of ketones is 1. The SMILES string of the molecule is C=C[C@@]1(C)C[C@H](OC(=O)CSC2CC3CCC(C2)N3C)C2C(C)CCC3(CCC(=O)C23)CC1OC(=O)c1ccccc1OC(=O)c1cn(C2C[C@@H]2F)c2c(Cl)c(N3C[C@@H](N)C4(CC4)C3)c(F)cc2c1=O. The van der Waals surface area contributed by atoms with Gasteiger partial charge in [-0.3, -0.25) is 14.4 Å². The number of nitrogens with zero attached hydrogens (tertiary/aromatic N) is 3. The number of ether oxygens (including phenoxy) is 3. The lowest BCUT2D eigenvalue weighted by Crippen LogP contribution is -2.55. The Bertz CT molecular complexity index is 2740. The first-order valence-electron chi connectivity index (χ1n) is 25.4. The van der Waals surface area contributed by atoms with Crippen LogP contribution in [0.3, 0.4) is 0 Å². The molecule has 3 aliphatic heterocycles. The second-order valence-corrected chi connectivity index (χ2v) is 24.3. The molecule has 2 aromatic carbocycles. The molecule has 8 fully saturated rings. The maximum absolute atomic E-state index is 16.2. The molecule has 3 aromatic rings. The quantitative estimate of drug-likeness (QED) is 0.111. The third-order valence-corrected chi connectivity index (χ3v) is 20.2. The summed E-state index contributed by atoms with van der Waals surface area (Å²) in [6, 6.07) is 7.24. The number of Topliss-reactive ketones (excluding diaryl/α,β-unsaturated/α-hetero) is 1. The van der Waals surface area contributed by atoms with E-state index in [0.29, 0.717) is 49.7 Å². The van der Waals surface area contributed by atoms with Crippen molar-refractivity contribution < 1.29 is 42.2 Å². The summed E-state index contributed by atoms with van der Waals surface area (Å²) in [5, 5.41) is 0.110. The van der Waals surface area contributed by atoms with Crippen LogP contribution in [0.15, 0.2) is 54.0 Å². The number of fused-ring (bicyclic) bond motifs is 3. The van der Waals surface area contributed by atoms with Crippen LogP contribution >= 0.6 is 23.4 Å². The Balaban J connectivity index is 0.860. The Labute approximate surface area is 416 Å². The molecule has 3 saturated heterocycles. The number of anilines is 1. The van der Waals surface area contributed by atoms with Crippen LogP contribution in [0, 0.1) is 39.8 Å². The van der Waals surface area contributed by atoms with Crippen molar-refractivity contribution in [2.75, 3.05) is 30.8 Å². The van der Waals surface area contributed by atoms with E-state index in [1.165, 1.54) is 35.7 Å². The Morgan fingerprint density at radius 3 is 2.40 bits per heavy atom. The third kappa shape index (κ3) is 8.11. The number of piperidine rings is 1. The molecule has 5 saturated carbocycles. The van der Waals surface area contributed by atoms with Crippen LogP contribution < -0.4 is 20.8 Å². The lowest BCUT2D eigenvalue weighted by molar-refractivity contribution is -0.170. The highest BCUT2D eigenvalue weighted by atomic mass is 35.5. The molecule has 374 valence electrons. The van der Waals surface area contributed by atoms with Gasteiger partial charge < -0.3 is 34.3 Å². The van der Waals surface area contributed by atoms with E-state index in [1.54, 1.807) is 34.9 Å². The molecule has 0 amide bonds. The van der Waals surface area contributed by atoms with Gasteiger partial charge in [-0.2, -0.15) is 0 Å². The van der Waals surface area contributed by atoms with Crippen molar-refractivity contribution in [3.8, 4) is 5.75 Å². The second-order valence-electron chi connectivity index (χ2n) is 22.6. The number of thioether (sulfide) groups is 1. The number of hydrogen-bond acceptors (Lipinski definition) is 12. The van der Waals surface area contributed by atoms with Crippen LogP contribution in [-0.2, 0) is 19.1 Å². The Hall–Kier alpha value is -4.31. The zero-order chi connectivity index (χ0) is 49.2. The van der Waals surface area contributed by atoms with E-state index in [9.17, 15) is 28.4 Å². The molecule has 2 N–H and O–H groups in total. The van der Waals surface area contributed by atoms with Crippen LogP contribution in [0.25, 0.3) is 10.9 Å². The first-order chi connectivity index (χ1) is 33.4. The molecule has 0 radical (unpaired) electrons. The standard InChI is InChI=1S/C54H63ClF2N4O8S/c1-5-52(3)22-40(67-43(63)26-70-31-18-29-10-11-30(19-31)59(29)4)44-28(2)12-14-53(15-13-38(62)45(44)53)23-42(52)69-50(65)32-8-6-7-9-39(32)68-51(66)34-24-61(37-21-35(37)56)47-33(49(34)64)20-36(57)48(46(47)55)60-25-41(58)54(27-60)16-17-54/h5-9,20,24,28-31,35,37,40-42,44-45H,1,10-19,21-23,25-27,58H2,2-4H3/t28?,29?,30?,31?,35-,37?,40-,41+,42?,44?,45?,52-,53?/m0/s1. The number of rotatable bonds is 11. The van der Waals surface area contributed by atoms with Crippen molar-refractivity contribution in [2.45, 2.75) is 145 Å². The number of nitrogens with two attached hydrogens (primary N) is 1. The molecule has 1 aromatic heterocycles. The summed E-state index contributed by atoms with van der Waals surface area (Å²) >= 11 is 8.64. The van der Waals surface area contributed by atoms with Crippen molar-refractivity contribution >= 4 is 63.6 Å². The number of benzene rings is 2. The van der Waals surface area contributed by atoms with Gasteiger partial charge in [-0.05, 0) is 107 Å². The number of carbonyl (C=O) groups excluding carboxylic acids is 4. The van der Waals surface area contributed by atoms with E-state index in [4.69, 9.17) is 31.5 Å². The van der Waals surface area contributed by atoms with E-state index in [1.807, 2.05) is 6.92 Å². The summed E-state index contributed by atoms with van der Waals surface area (Å²) in [5.41, 5.74) is 3.68. The highest BCUT2D eigenvalue weighted by Crippen LogP contribution is 2.62. The van der Waals surface area contributed by atoms with Crippen molar-refractivity contribution in [1.82, 2.24) is 9.47 Å². The van der Waals surface area contributed by atoms with E-state index in [-0.39, 0.29) is 92.5 Å². The van der Waals surface area contributed by atoms with Gasteiger partial charge in [0.05, 0.1) is 33.4 Å². The first kappa shape index (κ1) is 48.0. The van der Waals surface area contributed by atoms with Gasteiger partial charge in [-0.1, -0.05) is 43.7 Å². The van der Waals surface area contributed by atoms with Gasteiger partial charge in [0, 0.05) is 78.2 Å². The molecule has 8 aliphatic rings. The van der Waals surface area contributed by atoms with E-state index in [0.717, 1.165) is 44.6 Å². The number of hydrogen-bond donors (Lipinski definition) is 1. The van der Waals surface area contributed by atoms with Gasteiger partial charge in [0.2, 0.25) is 5.43 Å². The minimum atomic E-state index is -1.29. The summed E-state index contributed by atoms with van der Waals surface area (Å²) in [5.74, 6) is -3.26. The smallest absolute Gasteiger partial charge is 0.349 e. The van der Waals surface area contributed by atoms with Crippen LogP contribution in [0.1, 0.15) is 124 Å². The molecule has 70 heavy (non-hydrogen) atoms. The van der Waals surface area contributed by atoms with Crippen LogP contribution in [0.4, 0.5) is 14.5 Å². The van der Waals surface area contributed by atoms with Gasteiger partial charge in [-0.15, -0.1) is 18.3 Å². The lowest BCUT2D eigenvalue weighted by atomic mass is 9.52. The Morgan fingerprint density at radius 1 is 0.986 bits per heavy atom. The number of carbonyl (C=O) groups is 4. The summed E-state index contributed by atoms with van der Waals surface area (Å²) in [4.78, 5) is 75.3. The number of alkyl halides is 1. The molecule has 16 heteroatoms. The molecular weight excluding hydrogens is 938 g/mol. The second kappa shape index (κ2) is 17.7. The molecule has 8 unspecified atom stereocenters. The minimum Gasteiger partial charge on any atom is -0.461 e. The molecule has 11 rings (SSSR count). The molecule has 12 nitrogen and oxygen atoms in total. The Kier molecular flexibility index (Phi) is 12.1. The van der Waals surface area contributed by atoms with Crippen molar-refractivity contribution in [2.24, 2.45) is 39.7 Å². The first-order valence-corrected chi connectivity index (χ1v) is 26.8. The monoisotopic (exact) mass is 1000 g/mol. The highest BCUT2D eigenvalue weighted by molar-refractivity contribution is 8.00. The average molecular weight is 1000 g/mol. The zero-order valence-electron chi connectivity index (χ0n) is 40.1. The molecule has 12 atom stereocenters. The number of para-hydroxylation sites is 1. The molecule has 5 aliphatic carbocycles. The fraction of sp³-hybridized carbons (Fsp3) is 0.611. The van der Waals surface area contributed by atoms with E-state index in [2.05, 4.69) is 25.5 Å². The largest absolute Gasteiger partial charge is 0.461 e. The van der Waals surface area contributed by atoms with E-state index < -0.39 is 64.0 Å². The summed E-state index contributed by atoms with van der Waals surface area (Å²) in [6.07, 6.45) is 9.96. The lowest BCUT2D eigenvalue weighted by Gasteiger charge is -2.54. The van der Waals surface area contributed by atoms with Crippen molar-refractivity contribution in [3.63, 3.8) is 0 Å². The molecule has 4 heterocycles. The van der Waals surface area contributed by atoms with Gasteiger partial charge >= 0.3 is 17.9 Å². The maximum atomic E-state index is 16.2. The highest BCUT2D eigenvalue weighted by Gasteiger charge is 2.62. The molecular formula is C54H63ClF2N4O8S. The van der Waals surface area contributed by atoms with Crippen molar-refractivity contribution in [3.05, 3.63) is 81.4 Å². The zero-order valence-corrected chi connectivity index (χ0v) is 41.7. The van der Waals surface area contributed by atoms with Gasteiger partial charge in [-0.25, -0.2) is 18.4 Å². The normalized spacial score (nSPS) is 36.1. The summed E-state index contributed by atoms with van der Waals surface area (Å²) in [6.45, 7) is 9.22. The van der Waals surface area contributed by atoms with Crippen LogP contribution in [0.2, 0.25) is 5.02 Å². The van der Waals surface area contributed by atoms with Gasteiger partial charge in [0.1, 0.15) is 46.9 Å². The number of esters is 3. The maximum Gasteiger partial charge on any atom is 0.349 e. The Morgan fingerprint density at radius 2 is 1.71 bits per heavy atom. The number of aromatic nitrogens is 1. The predicted molar refractivity (Wildman–Crippen MR) is 264 cm³/mol. The number of halogens is 3. The minimum absolute atomic E-state index is 0.0612. The van der Waals surface area contributed by atoms with Crippen molar-refractivity contribution in [1.29, 1.82) is 0 Å². The molecule has 1 spiro atoms. The number of pyridine rings is 1. The van der Waals surface area contributed by atoms with Gasteiger partial charge in [0.15, 0.2) is 0 Å². The van der Waals surface area contributed by atoms with Crippen LogP contribution in [0.5, 0.6) is 5.75 Å². The fourth-order valence-electron chi connectivity index (χ4n) is 14.1. The summed E-state index contributed by atoms with van der Waals surface area (Å²) in [7, 11) is 2.20. The average Bonchev–Trinajstić information content (AvgIpc) is 4.20. The van der Waals surface area contributed by atoms with Gasteiger partial charge in [0.25, 0.3) is 0 Å². The van der Waals surface area contributed by atoms with E-state index >= 15 is 4.39 Å². The fourth-order valence-corrected chi connectivity index (χ4v) is 15.6. The topological polar surface area (TPSA) is 150 Å². The molecule has 4 bridgehead atoms.